The maximum atomic E-state index is 11.2. The number of hydrogen-bond acceptors (Lipinski definition) is 4. The van der Waals surface area contributed by atoms with Crippen LogP contribution in [0.15, 0.2) is 12.1 Å². The third-order valence-electron chi connectivity index (χ3n) is 6.97. The van der Waals surface area contributed by atoms with E-state index in [1.54, 1.807) is 12.1 Å². The number of aliphatic hydroxyl groups excluding tert-OH is 1. The summed E-state index contributed by atoms with van der Waals surface area (Å²) in [6, 6.07) is 3.20. The van der Waals surface area contributed by atoms with Gasteiger partial charge in [-0.25, -0.2) is 0 Å². The van der Waals surface area contributed by atoms with Gasteiger partial charge in [-0.05, 0) is 78.9 Å². The van der Waals surface area contributed by atoms with E-state index in [9.17, 15) is 20.3 Å². The van der Waals surface area contributed by atoms with Crippen molar-refractivity contribution in [1.82, 2.24) is 0 Å². The summed E-state index contributed by atoms with van der Waals surface area (Å²) in [6.07, 6.45) is 5.62. The molecule has 5 heteroatoms. The van der Waals surface area contributed by atoms with Gasteiger partial charge < -0.3 is 10.2 Å². The molecule has 0 amide bonds. The van der Waals surface area contributed by atoms with Crippen molar-refractivity contribution in [2.45, 2.75) is 57.5 Å². The van der Waals surface area contributed by atoms with Crippen molar-refractivity contribution in [3.63, 3.8) is 0 Å². The lowest BCUT2D eigenvalue weighted by Gasteiger charge is -2.50. The van der Waals surface area contributed by atoms with E-state index < -0.39 is 4.92 Å². The first kappa shape index (κ1) is 14.9. The number of fused-ring (bicyclic) bond motifs is 5. The zero-order chi connectivity index (χ0) is 16.4. The minimum Gasteiger partial charge on any atom is -0.502 e. The van der Waals surface area contributed by atoms with Gasteiger partial charge in [-0.1, -0.05) is 6.92 Å². The molecule has 0 aliphatic heterocycles. The van der Waals surface area contributed by atoms with Gasteiger partial charge in [0.25, 0.3) is 0 Å². The summed E-state index contributed by atoms with van der Waals surface area (Å²) in [5.41, 5.74) is 1.97. The minimum atomic E-state index is -0.495. The lowest BCUT2D eigenvalue weighted by Crippen LogP contribution is -2.43. The van der Waals surface area contributed by atoms with Crippen molar-refractivity contribution >= 4 is 5.69 Å². The molecular formula is C18H23NO4. The number of nitro benzene ring substituents is 1. The lowest BCUT2D eigenvalue weighted by molar-refractivity contribution is -0.386. The number of nitro groups is 1. The molecule has 2 N–H and O–H groups in total. The first-order valence-corrected chi connectivity index (χ1v) is 8.60. The molecule has 23 heavy (non-hydrogen) atoms. The Morgan fingerprint density at radius 1 is 1.26 bits per heavy atom. The Morgan fingerprint density at radius 2 is 2.04 bits per heavy atom. The van der Waals surface area contributed by atoms with E-state index in [-0.39, 0.29) is 23.0 Å². The van der Waals surface area contributed by atoms with Gasteiger partial charge in [0.1, 0.15) is 0 Å². The molecule has 0 radical (unpaired) electrons. The second-order valence-corrected chi connectivity index (χ2v) is 7.85. The van der Waals surface area contributed by atoms with Crippen LogP contribution in [0.3, 0.4) is 0 Å². The molecule has 2 saturated carbocycles. The highest BCUT2D eigenvalue weighted by molar-refractivity contribution is 5.53. The van der Waals surface area contributed by atoms with Crippen LogP contribution in [-0.2, 0) is 6.42 Å². The van der Waals surface area contributed by atoms with E-state index >= 15 is 0 Å². The van der Waals surface area contributed by atoms with Crippen molar-refractivity contribution < 1.29 is 15.1 Å². The van der Waals surface area contributed by atoms with Crippen LogP contribution < -0.4 is 0 Å². The number of nitrogens with zero attached hydrogens (tertiary/aromatic N) is 1. The molecule has 0 heterocycles. The van der Waals surface area contributed by atoms with Crippen LogP contribution in [0.5, 0.6) is 5.75 Å². The Morgan fingerprint density at radius 3 is 2.78 bits per heavy atom. The summed E-state index contributed by atoms with van der Waals surface area (Å²) in [4.78, 5) is 10.7. The topological polar surface area (TPSA) is 83.6 Å². The molecule has 0 saturated heterocycles. The number of aryl methyl sites for hydroxylation is 1. The Labute approximate surface area is 135 Å². The molecule has 0 spiro atoms. The Balaban J connectivity index is 1.74. The zero-order valence-electron chi connectivity index (χ0n) is 13.4. The van der Waals surface area contributed by atoms with Crippen LogP contribution in [0, 0.1) is 27.4 Å². The van der Waals surface area contributed by atoms with Gasteiger partial charge in [0.15, 0.2) is 5.75 Å². The third kappa shape index (κ3) is 2.02. The normalized spacial score (nSPS) is 38.5. The van der Waals surface area contributed by atoms with E-state index in [4.69, 9.17) is 0 Å². The smallest absolute Gasteiger partial charge is 0.310 e. The molecular weight excluding hydrogens is 294 g/mol. The summed E-state index contributed by atoms with van der Waals surface area (Å²) < 4.78 is 0. The predicted octanol–water partition coefficient (Wildman–Crippen LogP) is 3.52. The van der Waals surface area contributed by atoms with Gasteiger partial charge >= 0.3 is 5.69 Å². The van der Waals surface area contributed by atoms with Gasteiger partial charge in [0.05, 0.1) is 11.0 Å². The van der Waals surface area contributed by atoms with Crippen LogP contribution in [-0.4, -0.2) is 21.2 Å². The fourth-order valence-corrected chi connectivity index (χ4v) is 5.71. The highest BCUT2D eigenvalue weighted by atomic mass is 16.6. The third-order valence-corrected chi connectivity index (χ3v) is 6.97. The highest BCUT2D eigenvalue weighted by Gasteiger charge is 2.54. The van der Waals surface area contributed by atoms with Gasteiger partial charge in [-0.15, -0.1) is 0 Å². The minimum absolute atomic E-state index is 0.0154. The van der Waals surface area contributed by atoms with E-state index in [1.807, 2.05) is 0 Å². The lowest BCUT2D eigenvalue weighted by atomic mass is 9.55. The molecule has 0 unspecified atom stereocenters. The predicted molar refractivity (Wildman–Crippen MR) is 85.4 cm³/mol. The maximum absolute atomic E-state index is 11.2. The SMILES string of the molecule is C[C@]12CC[C@@H]3c4cc([N+](=O)[O-])c(O)cc4CC[C@H]3[C@@H]1CC[C@H]2O. The van der Waals surface area contributed by atoms with Gasteiger partial charge in [-0.2, -0.15) is 0 Å². The Kier molecular flexibility index (Phi) is 3.21. The highest BCUT2D eigenvalue weighted by Crippen LogP contribution is 2.61. The van der Waals surface area contributed by atoms with Crippen LogP contribution in [0.2, 0.25) is 0 Å². The average Bonchev–Trinajstić information content (AvgIpc) is 2.81. The molecule has 2 fully saturated rings. The summed E-state index contributed by atoms with van der Waals surface area (Å²) >= 11 is 0. The first-order chi connectivity index (χ1) is 10.9. The Hall–Kier alpha value is -1.62. The average molecular weight is 317 g/mol. The van der Waals surface area contributed by atoms with Crippen LogP contribution >= 0.6 is 0 Å². The number of benzene rings is 1. The van der Waals surface area contributed by atoms with Gasteiger partial charge in [0.2, 0.25) is 0 Å². The molecule has 0 aromatic heterocycles. The standard InChI is InChI=1S/C18H23NO4/c1-18-7-6-11-12(14(18)4-5-17(18)21)3-2-10-8-16(20)15(19(22)23)9-13(10)11/h8-9,11-12,14,17,20-21H,2-7H2,1H3/t11-,12+,14-,17+,18-/m0/s1. The van der Waals surface area contributed by atoms with E-state index in [0.29, 0.717) is 17.8 Å². The van der Waals surface area contributed by atoms with Gasteiger partial charge in [0, 0.05) is 6.07 Å². The number of rotatable bonds is 1. The zero-order valence-corrected chi connectivity index (χ0v) is 13.4. The molecule has 3 aliphatic carbocycles. The van der Waals surface area contributed by atoms with Crippen molar-refractivity contribution in [2.24, 2.45) is 17.3 Å². The second-order valence-electron chi connectivity index (χ2n) is 7.85. The number of aromatic hydroxyl groups is 1. The molecule has 1 aromatic carbocycles. The Bertz CT molecular complexity index is 673. The molecule has 1 aromatic rings. The molecule has 4 rings (SSSR count). The number of phenolic OH excluding ortho intramolecular Hbond substituents is 1. The molecule has 5 nitrogen and oxygen atoms in total. The summed E-state index contributed by atoms with van der Waals surface area (Å²) in [7, 11) is 0. The van der Waals surface area contributed by atoms with Crippen LogP contribution in [0.1, 0.15) is 56.1 Å². The number of phenols is 1. The van der Waals surface area contributed by atoms with E-state index in [2.05, 4.69) is 6.92 Å². The summed E-state index contributed by atoms with van der Waals surface area (Å²) in [5.74, 6) is 1.13. The van der Waals surface area contributed by atoms with E-state index in [0.717, 1.165) is 49.7 Å². The van der Waals surface area contributed by atoms with Crippen molar-refractivity contribution in [3.8, 4) is 5.75 Å². The van der Waals surface area contributed by atoms with Crippen LogP contribution in [0.25, 0.3) is 0 Å². The van der Waals surface area contributed by atoms with Crippen LogP contribution in [0.4, 0.5) is 5.69 Å². The maximum Gasteiger partial charge on any atom is 0.310 e. The molecule has 124 valence electrons. The quantitative estimate of drug-likeness (QED) is 0.613. The largest absolute Gasteiger partial charge is 0.502 e. The van der Waals surface area contributed by atoms with Gasteiger partial charge in [-0.3, -0.25) is 10.1 Å². The molecule has 3 aliphatic rings. The molecule has 0 bridgehead atoms. The fourth-order valence-electron chi connectivity index (χ4n) is 5.71. The summed E-state index contributed by atoms with van der Waals surface area (Å²) in [5, 5.41) is 31.4. The first-order valence-electron chi connectivity index (χ1n) is 8.60. The number of aliphatic hydroxyl groups is 1. The molecule has 5 atom stereocenters. The van der Waals surface area contributed by atoms with E-state index in [1.165, 1.54) is 0 Å². The van der Waals surface area contributed by atoms with Crippen molar-refractivity contribution in [3.05, 3.63) is 33.4 Å². The van der Waals surface area contributed by atoms with Crippen molar-refractivity contribution in [2.75, 3.05) is 0 Å². The monoisotopic (exact) mass is 317 g/mol. The fraction of sp³-hybridized carbons (Fsp3) is 0.667. The van der Waals surface area contributed by atoms with Crippen molar-refractivity contribution in [1.29, 1.82) is 0 Å². The second kappa shape index (κ2) is 4.94. The summed E-state index contributed by atoms with van der Waals surface area (Å²) in [6.45, 7) is 2.22. The number of hydrogen-bond donors (Lipinski definition) is 2.